The fraction of sp³-hybridized carbons (Fsp3) is 0.370. The molecule has 3 heterocycles. The quantitative estimate of drug-likeness (QED) is 0.431. The van der Waals surface area contributed by atoms with Crippen LogP contribution in [0, 0.1) is 24.6 Å². The van der Waals surface area contributed by atoms with Gasteiger partial charge in [-0.25, -0.2) is 14.4 Å². The number of likely N-dealkylation sites (tertiary alicyclic amines) is 1. The van der Waals surface area contributed by atoms with E-state index in [1.54, 1.807) is 30.7 Å². The average molecular weight is 458 g/mol. The van der Waals surface area contributed by atoms with Gasteiger partial charge in [0.15, 0.2) is 0 Å². The Labute approximate surface area is 198 Å². The molecule has 1 aliphatic carbocycles. The maximum atomic E-state index is 14.3. The minimum Gasteiger partial charge on any atom is -0.471 e. The van der Waals surface area contributed by atoms with Crippen LogP contribution in [0.1, 0.15) is 30.3 Å². The average Bonchev–Trinajstić information content (AvgIpc) is 3.39. The molecule has 2 aromatic carbocycles. The molecule has 0 bridgehead atoms. The van der Waals surface area contributed by atoms with E-state index in [9.17, 15) is 4.39 Å². The lowest BCUT2D eigenvalue weighted by molar-refractivity contribution is 0.0519. The number of hydrogen-bond donors (Lipinski definition) is 0. The van der Waals surface area contributed by atoms with Gasteiger partial charge in [-0.05, 0) is 49.8 Å². The number of ether oxygens (including phenoxy) is 1. The minimum atomic E-state index is -0.125. The first-order valence-corrected chi connectivity index (χ1v) is 12.0. The zero-order valence-corrected chi connectivity index (χ0v) is 19.2. The van der Waals surface area contributed by atoms with Crippen LogP contribution in [0.15, 0.2) is 67.1 Å². The van der Waals surface area contributed by atoms with Crippen LogP contribution in [0.3, 0.4) is 0 Å². The smallest absolute Gasteiger partial charge is 0.232 e. The summed E-state index contributed by atoms with van der Waals surface area (Å²) < 4.78 is 23.1. The van der Waals surface area contributed by atoms with Crippen molar-refractivity contribution in [3.8, 4) is 5.88 Å². The Balaban J connectivity index is 1.30. The van der Waals surface area contributed by atoms with Crippen LogP contribution >= 0.6 is 0 Å². The van der Waals surface area contributed by atoms with Gasteiger partial charge in [-0.15, -0.1) is 0 Å². The fourth-order valence-corrected chi connectivity index (χ4v) is 5.97. The molecular weight excluding hydrogens is 429 g/mol. The number of imidazole rings is 1. The van der Waals surface area contributed by atoms with Crippen molar-refractivity contribution in [2.24, 2.45) is 11.8 Å². The molecule has 1 saturated heterocycles. The maximum absolute atomic E-state index is 14.3. The van der Waals surface area contributed by atoms with Crippen molar-refractivity contribution in [3.63, 3.8) is 0 Å². The molecule has 0 N–H and O–H groups in total. The standard InChI is InChI=1S/C27H28FN5O/c1-18-31-23-8-4-5-9-24(23)33(18)25-12-20-16-32(15-19-6-2-3-7-22(19)28)17-21(20)13-26(25)34-27-14-29-10-11-30-27/h2-11,14,20-21,25-26H,12-13,15-17H2,1H3/t20-,21+,25-,26-/m0/s1. The monoisotopic (exact) mass is 457 g/mol. The lowest BCUT2D eigenvalue weighted by Gasteiger charge is -2.39. The van der Waals surface area contributed by atoms with Crippen LogP contribution in [0.2, 0.25) is 0 Å². The number of aryl methyl sites for hydroxylation is 1. The summed E-state index contributed by atoms with van der Waals surface area (Å²) in [7, 11) is 0. The van der Waals surface area contributed by atoms with Crippen molar-refractivity contribution in [3.05, 3.63) is 84.3 Å². The minimum absolute atomic E-state index is 0.0392. The van der Waals surface area contributed by atoms with Crippen molar-refractivity contribution in [1.29, 1.82) is 0 Å². The maximum Gasteiger partial charge on any atom is 0.232 e. The molecule has 0 amide bonds. The number of benzene rings is 2. The van der Waals surface area contributed by atoms with Crippen molar-refractivity contribution in [1.82, 2.24) is 24.4 Å². The third kappa shape index (κ3) is 3.94. The second-order valence-electron chi connectivity index (χ2n) is 9.56. The van der Waals surface area contributed by atoms with E-state index in [1.807, 2.05) is 18.2 Å². The number of halogens is 1. The Morgan fingerprint density at radius 2 is 1.79 bits per heavy atom. The normalized spacial score (nSPS) is 24.9. The van der Waals surface area contributed by atoms with Gasteiger partial charge in [-0.3, -0.25) is 9.88 Å². The molecule has 2 aliphatic rings. The van der Waals surface area contributed by atoms with Crippen LogP contribution in [-0.4, -0.2) is 43.6 Å². The van der Waals surface area contributed by atoms with Gasteiger partial charge in [0, 0.05) is 37.6 Å². The second kappa shape index (κ2) is 8.80. The fourth-order valence-electron chi connectivity index (χ4n) is 5.97. The Hall–Kier alpha value is -3.32. The van der Waals surface area contributed by atoms with Crippen molar-refractivity contribution < 1.29 is 9.13 Å². The highest BCUT2D eigenvalue weighted by Crippen LogP contribution is 2.44. The first-order chi connectivity index (χ1) is 16.7. The van der Waals surface area contributed by atoms with E-state index >= 15 is 0 Å². The van der Waals surface area contributed by atoms with Gasteiger partial charge in [0.25, 0.3) is 0 Å². The lowest BCUT2D eigenvalue weighted by Crippen LogP contribution is -2.40. The number of para-hydroxylation sites is 2. The Bertz CT molecular complexity index is 1290. The number of rotatable bonds is 5. The van der Waals surface area contributed by atoms with Crippen LogP contribution < -0.4 is 4.74 Å². The van der Waals surface area contributed by atoms with Gasteiger partial charge >= 0.3 is 0 Å². The van der Waals surface area contributed by atoms with E-state index < -0.39 is 0 Å². The van der Waals surface area contributed by atoms with Gasteiger partial charge in [-0.2, -0.15) is 0 Å². The van der Waals surface area contributed by atoms with Crippen molar-refractivity contribution >= 4 is 11.0 Å². The van der Waals surface area contributed by atoms with E-state index in [1.165, 1.54) is 0 Å². The van der Waals surface area contributed by atoms with Gasteiger partial charge in [-0.1, -0.05) is 30.3 Å². The molecular formula is C27H28FN5O. The highest BCUT2D eigenvalue weighted by Gasteiger charge is 2.44. The number of nitrogens with zero attached hydrogens (tertiary/aromatic N) is 5. The zero-order chi connectivity index (χ0) is 23.1. The summed E-state index contributed by atoms with van der Waals surface area (Å²) in [6.45, 7) is 4.65. The van der Waals surface area contributed by atoms with Crippen LogP contribution in [0.5, 0.6) is 5.88 Å². The Morgan fingerprint density at radius 3 is 2.62 bits per heavy atom. The number of hydrogen-bond acceptors (Lipinski definition) is 5. The molecule has 0 radical (unpaired) electrons. The molecule has 0 unspecified atom stereocenters. The molecule has 2 fully saturated rings. The van der Waals surface area contributed by atoms with Gasteiger partial charge in [0.1, 0.15) is 17.7 Å². The third-order valence-corrected chi connectivity index (χ3v) is 7.43. The van der Waals surface area contributed by atoms with Gasteiger partial charge < -0.3 is 9.30 Å². The van der Waals surface area contributed by atoms with E-state index in [4.69, 9.17) is 9.72 Å². The summed E-state index contributed by atoms with van der Waals surface area (Å²) in [6, 6.07) is 15.5. The van der Waals surface area contributed by atoms with Gasteiger partial charge in [0.2, 0.25) is 5.88 Å². The summed E-state index contributed by atoms with van der Waals surface area (Å²) in [5, 5.41) is 0. The molecule has 6 nitrogen and oxygen atoms in total. The number of aromatic nitrogens is 4. The zero-order valence-electron chi connectivity index (χ0n) is 19.2. The molecule has 0 spiro atoms. The van der Waals surface area contributed by atoms with Crippen LogP contribution in [0.4, 0.5) is 4.39 Å². The highest BCUT2D eigenvalue weighted by atomic mass is 19.1. The molecule has 4 aromatic rings. The molecule has 34 heavy (non-hydrogen) atoms. The first-order valence-electron chi connectivity index (χ1n) is 12.0. The highest BCUT2D eigenvalue weighted by molar-refractivity contribution is 5.76. The predicted octanol–water partition coefficient (Wildman–Crippen LogP) is 4.80. The number of fused-ring (bicyclic) bond motifs is 2. The van der Waals surface area contributed by atoms with Gasteiger partial charge in [0.05, 0.1) is 23.3 Å². The predicted molar refractivity (Wildman–Crippen MR) is 128 cm³/mol. The SMILES string of the molecule is Cc1nc2ccccc2n1[C@H]1C[C@H]2CN(Cc3ccccc3F)C[C@H]2C[C@@H]1Oc1cnccn1. The molecule has 174 valence electrons. The Kier molecular flexibility index (Phi) is 5.49. The summed E-state index contributed by atoms with van der Waals surface area (Å²) in [4.78, 5) is 15.8. The third-order valence-electron chi connectivity index (χ3n) is 7.43. The first kappa shape index (κ1) is 21.2. The lowest BCUT2D eigenvalue weighted by atomic mass is 9.77. The molecule has 4 atom stereocenters. The summed E-state index contributed by atoms with van der Waals surface area (Å²) in [5.74, 6) is 2.45. The van der Waals surface area contributed by atoms with E-state index in [-0.39, 0.29) is 18.0 Å². The van der Waals surface area contributed by atoms with Crippen LogP contribution in [-0.2, 0) is 6.54 Å². The Morgan fingerprint density at radius 1 is 1.00 bits per heavy atom. The summed E-state index contributed by atoms with van der Waals surface area (Å²) in [6.07, 6.45) is 6.88. The van der Waals surface area contributed by atoms with E-state index in [2.05, 4.69) is 44.6 Å². The van der Waals surface area contributed by atoms with Crippen molar-refractivity contribution in [2.75, 3.05) is 13.1 Å². The van der Waals surface area contributed by atoms with Crippen LogP contribution in [0.25, 0.3) is 11.0 Å². The molecule has 6 rings (SSSR count). The summed E-state index contributed by atoms with van der Waals surface area (Å²) >= 11 is 0. The largest absolute Gasteiger partial charge is 0.471 e. The van der Waals surface area contributed by atoms with E-state index in [0.29, 0.717) is 24.3 Å². The molecule has 7 heteroatoms. The summed E-state index contributed by atoms with van der Waals surface area (Å²) in [5.41, 5.74) is 2.91. The van der Waals surface area contributed by atoms with E-state index in [0.717, 1.165) is 48.4 Å². The molecule has 1 aliphatic heterocycles. The second-order valence-corrected chi connectivity index (χ2v) is 9.56. The van der Waals surface area contributed by atoms with Crippen molar-refractivity contribution in [2.45, 2.75) is 38.5 Å². The molecule has 2 aromatic heterocycles. The topological polar surface area (TPSA) is 56.1 Å². The molecule has 1 saturated carbocycles.